The highest BCUT2D eigenvalue weighted by molar-refractivity contribution is 6.35. The van der Waals surface area contributed by atoms with E-state index in [1.165, 1.54) is 57.2 Å². The minimum absolute atomic E-state index is 0.00156. The minimum atomic E-state index is -5.21. The Kier molecular flexibility index (Phi) is 8.47. The maximum absolute atomic E-state index is 14.1. The van der Waals surface area contributed by atoms with Crippen LogP contribution in [0.3, 0.4) is 0 Å². The number of carbonyl (C=O) groups is 5. The van der Waals surface area contributed by atoms with Crippen molar-refractivity contribution in [1.82, 2.24) is 4.90 Å². The zero-order chi connectivity index (χ0) is 39.2. The predicted molar refractivity (Wildman–Crippen MR) is 179 cm³/mol. The van der Waals surface area contributed by atoms with E-state index in [0.717, 1.165) is 34.1 Å². The van der Waals surface area contributed by atoms with Gasteiger partial charge in [-0.3, -0.25) is 28.9 Å². The van der Waals surface area contributed by atoms with E-state index < -0.39 is 75.3 Å². The number of ketones is 1. The van der Waals surface area contributed by atoms with Gasteiger partial charge in [-0.15, -0.1) is 0 Å². The van der Waals surface area contributed by atoms with Gasteiger partial charge in [0, 0.05) is 16.7 Å². The third-order valence-electron chi connectivity index (χ3n) is 8.85. The van der Waals surface area contributed by atoms with E-state index in [9.17, 15) is 50.3 Å². The van der Waals surface area contributed by atoms with Crippen LogP contribution in [-0.2, 0) is 17.8 Å². The Morgan fingerprint density at radius 3 is 1.45 bits per heavy atom. The molecule has 0 bridgehead atoms. The Morgan fingerprint density at radius 2 is 1.00 bits per heavy atom. The zero-order valence-electron chi connectivity index (χ0n) is 29.0. The number of halogens is 6. The fourth-order valence-corrected chi connectivity index (χ4v) is 6.15. The molecule has 14 heteroatoms. The van der Waals surface area contributed by atoms with Gasteiger partial charge >= 0.3 is 12.4 Å². The first-order chi connectivity index (χ1) is 24.4. The van der Waals surface area contributed by atoms with Crippen LogP contribution in [0.2, 0.25) is 0 Å². The molecule has 0 radical (unpaired) electrons. The van der Waals surface area contributed by atoms with Gasteiger partial charge in [-0.2, -0.15) is 26.3 Å². The molecule has 53 heavy (non-hydrogen) atoms. The lowest BCUT2D eigenvalue weighted by molar-refractivity contribution is -0.145. The molecule has 0 aliphatic carbocycles. The Hall–Kier alpha value is -5.79. The number of imide groups is 2. The molecule has 0 fully saturated rings. The van der Waals surface area contributed by atoms with Crippen LogP contribution >= 0.6 is 0 Å². The van der Waals surface area contributed by atoms with E-state index in [1.807, 2.05) is 0 Å². The number of anilines is 1. The minimum Gasteiger partial charge on any atom is -0.456 e. The average molecular weight is 737 g/mol. The van der Waals surface area contributed by atoms with E-state index in [0.29, 0.717) is 12.1 Å². The Morgan fingerprint density at radius 1 is 0.566 bits per heavy atom. The topological polar surface area (TPSA) is 101 Å². The summed E-state index contributed by atoms with van der Waals surface area (Å²) in [6.07, 6.45) is -10.4. The van der Waals surface area contributed by atoms with E-state index >= 15 is 0 Å². The Balaban J connectivity index is 1.27. The lowest BCUT2D eigenvalue weighted by Gasteiger charge is -2.29. The van der Waals surface area contributed by atoms with Gasteiger partial charge in [-0.25, -0.2) is 4.90 Å². The molecule has 0 spiro atoms. The summed E-state index contributed by atoms with van der Waals surface area (Å²) in [5.41, 5.74) is -5.36. The molecule has 2 aliphatic rings. The van der Waals surface area contributed by atoms with Crippen molar-refractivity contribution in [3.63, 3.8) is 0 Å². The molecular formula is C39H30F6N2O6. The van der Waals surface area contributed by atoms with Crippen molar-refractivity contribution in [1.29, 1.82) is 0 Å². The number of nitrogens with zero attached hydrogens (tertiary/aromatic N) is 2. The van der Waals surface area contributed by atoms with Crippen LogP contribution in [0.1, 0.15) is 116 Å². The van der Waals surface area contributed by atoms with Gasteiger partial charge in [0.1, 0.15) is 5.75 Å². The van der Waals surface area contributed by atoms with Gasteiger partial charge in [-0.05, 0) is 92.4 Å². The summed E-state index contributed by atoms with van der Waals surface area (Å²) in [5.74, 6) is -5.18. The molecule has 4 aromatic rings. The van der Waals surface area contributed by atoms with Crippen molar-refractivity contribution < 1.29 is 55.1 Å². The van der Waals surface area contributed by atoms with Crippen molar-refractivity contribution in [2.45, 2.75) is 64.8 Å². The van der Waals surface area contributed by atoms with E-state index in [1.54, 1.807) is 20.8 Å². The number of carbonyl (C=O) groups excluding carboxylic acids is 5. The number of ether oxygens (including phenoxy) is 1. The van der Waals surface area contributed by atoms with Crippen LogP contribution in [0.15, 0.2) is 72.8 Å². The Bertz CT molecular complexity index is 2230. The molecular weight excluding hydrogens is 706 g/mol. The van der Waals surface area contributed by atoms with Crippen LogP contribution in [0.4, 0.5) is 32.0 Å². The van der Waals surface area contributed by atoms with Gasteiger partial charge in [0.15, 0.2) is 11.5 Å². The largest absolute Gasteiger partial charge is 0.456 e. The lowest BCUT2D eigenvalue weighted by Crippen LogP contribution is -2.45. The Labute approximate surface area is 298 Å². The molecule has 0 atom stereocenters. The molecule has 8 nitrogen and oxygen atoms in total. The smallest absolute Gasteiger partial charge is 0.420 e. The molecule has 4 aromatic carbocycles. The fraction of sp³-hybridized carbons (Fsp3) is 0.256. The number of amides is 4. The monoisotopic (exact) mass is 736 g/mol. The van der Waals surface area contributed by atoms with Gasteiger partial charge in [0.25, 0.3) is 23.6 Å². The molecule has 0 saturated heterocycles. The first kappa shape index (κ1) is 37.0. The fourth-order valence-electron chi connectivity index (χ4n) is 6.15. The molecule has 0 N–H and O–H groups in total. The van der Waals surface area contributed by atoms with Crippen LogP contribution in [0.5, 0.6) is 11.5 Å². The van der Waals surface area contributed by atoms with Crippen LogP contribution in [0, 0.1) is 0 Å². The maximum Gasteiger partial charge on any atom is 0.420 e. The lowest BCUT2D eigenvalue weighted by atomic mass is 9.84. The molecule has 6 rings (SSSR count). The molecule has 0 aromatic heterocycles. The highest BCUT2D eigenvalue weighted by atomic mass is 19.4. The number of alkyl halides is 6. The second-order valence-electron chi connectivity index (χ2n) is 14.7. The second-order valence-corrected chi connectivity index (χ2v) is 14.7. The summed E-state index contributed by atoms with van der Waals surface area (Å²) < 4.78 is 89.9. The summed E-state index contributed by atoms with van der Waals surface area (Å²) >= 11 is 0. The number of hydrogen-bond acceptors (Lipinski definition) is 6. The van der Waals surface area contributed by atoms with Gasteiger partial charge in [0.05, 0.1) is 39.1 Å². The molecule has 274 valence electrons. The molecule has 4 amide bonds. The first-order valence-electron chi connectivity index (χ1n) is 16.1. The van der Waals surface area contributed by atoms with Crippen LogP contribution in [0.25, 0.3) is 0 Å². The van der Waals surface area contributed by atoms with Gasteiger partial charge in [0.2, 0.25) is 0 Å². The zero-order valence-corrected chi connectivity index (χ0v) is 29.0. The summed E-state index contributed by atoms with van der Waals surface area (Å²) in [7, 11) is 0. The summed E-state index contributed by atoms with van der Waals surface area (Å²) in [4.78, 5) is 68.1. The maximum atomic E-state index is 14.1. The highest BCUT2D eigenvalue weighted by Crippen LogP contribution is 2.48. The van der Waals surface area contributed by atoms with Crippen molar-refractivity contribution in [2.75, 3.05) is 4.90 Å². The summed E-state index contributed by atoms with van der Waals surface area (Å²) in [6.45, 7) is 9.51. The first-order valence-corrected chi connectivity index (χ1v) is 16.1. The third kappa shape index (κ3) is 6.46. The van der Waals surface area contributed by atoms with Crippen molar-refractivity contribution >= 4 is 35.1 Å². The van der Waals surface area contributed by atoms with Crippen molar-refractivity contribution in [2.24, 2.45) is 0 Å². The van der Waals surface area contributed by atoms with E-state index in [2.05, 4.69) is 0 Å². The number of hydrogen-bond donors (Lipinski definition) is 0. The predicted octanol–water partition coefficient (Wildman–Crippen LogP) is 9.24. The number of benzene rings is 4. The molecule has 0 unspecified atom stereocenters. The van der Waals surface area contributed by atoms with Gasteiger partial charge in [-0.1, -0.05) is 32.9 Å². The molecule has 0 saturated carbocycles. The standard InChI is InChI=1S/C39H30F6N2O6/c1-36(2,3)21-17-28(38(40,41)42)31(29(18-21)39(43,44)45)53-23-11-9-22(10-12-23)46-32(49)24-13-7-19(15-26(24)33(46)50)30(48)20-8-14-25-27(16-20)35(52)47(34(25)51)37(4,5)6/h7-18H,1-6H3. The van der Waals surface area contributed by atoms with Crippen molar-refractivity contribution in [3.05, 3.63) is 123 Å². The van der Waals surface area contributed by atoms with Crippen LogP contribution < -0.4 is 9.64 Å². The average Bonchev–Trinajstić information content (AvgIpc) is 3.46. The second kappa shape index (κ2) is 12.1. The van der Waals surface area contributed by atoms with E-state index in [-0.39, 0.29) is 44.6 Å². The molecule has 2 aliphatic heterocycles. The summed E-state index contributed by atoms with van der Waals surface area (Å²) in [5, 5.41) is 0. The van der Waals surface area contributed by atoms with Crippen LogP contribution in [-0.4, -0.2) is 39.9 Å². The van der Waals surface area contributed by atoms with Crippen molar-refractivity contribution in [3.8, 4) is 11.5 Å². The number of rotatable bonds is 5. The quantitative estimate of drug-likeness (QED) is 0.115. The normalized spacial score (nSPS) is 14.9. The molecule has 2 heterocycles. The van der Waals surface area contributed by atoms with E-state index in [4.69, 9.17) is 4.74 Å². The third-order valence-corrected chi connectivity index (χ3v) is 8.85. The summed E-state index contributed by atoms with van der Waals surface area (Å²) in [6, 6.07) is 13.3. The van der Waals surface area contributed by atoms with Gasteiger partial charge < -0.3 is 4.74 Å². The number of fused-ring (bicyclic) bond motifs is 2. The highest BCUT2D eigenvalue weighted by Gasteiger charge is 2.45. The SMILES string of the molecule is CC(C)(C)c1cc(C(F)(F)F)c(Oc2ccc(N3C(=O)c4ccc(C(=O)c5ccc6c(c5)C(=O)N(C(C)(C)C)C6=O)cc4C3=O)cc2)c(C(F)(F)F)c1.